The maximum atomic E-state index is 13.6. The fraction of sp³-hybridized carbons (Fsp3) is 0.667. The molecule has 0 spiro atoms. The topological polar surface area (TPSA) is 44.3 Å². The zero-order valence-electron chi connectivity index (χ0n) is 16.5. The summed E-state index contributed by atoms with van der Waals surface area (Å²) in [6.45, 7) is 16.3. The average molecular weight is 392 g/mol. The molecule has 1 N–H and O–H groups in total. The van der Waals surface area contributed by atoms with Gasteiger partial charge in [-0.25, -0.2) is 8.78 Å². The summed E-state index contributed by atoms with van der Waals surface area (Å²) in [4.78, 5) is 0. The van der Waals surface area contributed by atoms with E-state index < -0.39 is 42.1 Å². The van der Waals surface area contributed by atoms with Crippen LogP contribution in [0.25, 0.3) is 0 Å². The van der Waals surface area contributed by atoms with Crippen molar-refractivity contribution in [1.82, 2.24) is 4.72 Å². The Bertz CT molecular complexity index is 565. The van der Waals surface area contributed by atoms with E-state index in [2.05, 4.69) is 38.6 Å². The van der Waals surface area contributed by atoms with Gasteiger partial charge in [-0.2, -0.15) is 0 Å². The summed E-state index contributed by atoms with van der Waals surface area (Å²) in [5.41, 5.74) is 0.397. The van der Waals surface area contributed by atoms with Gasteiger partial charge < -0.3 is 8.98 Å². The van der Waals surface area contributed by atoms with Gasteiger partial charge in [-0.1, -0.05) is 20.8 Å². The van der Waals surface area contributed by atoms with E-state index in [1.165, 1.54) is 12.1 Å². The Hall–Kier alpha value is -0.473. The molecule has 0 heterocycles. The van der Waals surface area contributed by atoms with Crippen LogP contribution in [-0.2, 0) is 15.8 Å². The van der Waals surface area contributed by atoms with Crippen molar-refractivity contribution in [2.75, 3.05) is 6.61 Å². The second-order valence-corrected chi connectivity index (χ2v) is 15.6. The molecule has 0 fully saturated rings. The van der Waals surface area contributed by atoms with Crippen molar-refractivity contribution < 1.29 is 17.8 Å². The zero-order chi connectivity index (χ0) is 19.6. The Balaban J connectivity index is 3.07. The van der Waals surface area contributed by atoms with Gasteiger partial charge >= 0.3 is 0 Å². The van der Waals surface area contributed by atoms with Crippen LogP contribution in [-0.4, -0.2) is 24.2 Å². The number of halogens is 2. The van der Waals surface area contributed by atoms with Crippen LogP contribution in [0.15, 0.2) is 18.2 Å². The van der Waals surface area contributed by atoms with E-state index in [1.54, 1.807) is 0 Å². The maximum Gasteiger partial charge on any atom is 0.192 e. The van der Waals surface area contributed by atoms with Crippen LogP contribution in [0.5, 0.6) is 0 Å². The Morgan fingerprint density at radius 2 is 1.56 bits per heavy atom. The van der Waals surface area contributed by atoms with E-state index in [4.69, 9.17) is 4.43 Å². The first-order valence-corrected chi connectivity index (χ1v) is 12.5. The summed E-state index contributed by atoms with van der Waals surface area (Å²) >= 11 is -1.39. The van der Waals surface area contributed by atoms with Gasteiger partial charge in [-0.05, 0) is 56.6 Å². The first kappa shape index (κ1) is 22.6. The van der Waals surface area contributed by atoms with Crippen molar-refractivity contribution in [2.24, 2.45) is 0 Å². The van der Waals surface area contributed by atoms with Crippen molar-refractivity contribution in [1.29, 1.82) is 0 Å². The van der Waals surface area contributed by atoms with Gasteiger partial charge in [0.1, 0.15) is 16.4 Å². The van der Waals surface area contributed by atoms with Crippen LogP contribution in [0.3, 0.4) is 0 Å². The molecule has 1 aromatic rings. The standard InChI is InChI=1S/C18H31F2NO2SSi/c1-17(2,3)24(22)21-16(12-23-25(7,8)18(4,5)6)13-9-14(19)11-15(20)10-13/h9-11,16,21H,12H2,1-8H3/t16-,24+/m1/s1. The van der Waals surface area contributed by atoms with E-state index in [0.29, 0.717) is 5.56 Å². The molecule has 0 aliphatic rings. The van der Waals surface area contributed by atoms with Gasteiger partial charge in [0.25, 0.3) is 0 Å². The normalized spacial score (nSPS) is 16.0. The molecular formula is C18H31F2NO2SSi. The summed E-state index contributed by atoms with van der Waals surface area (Å²) in [6, 6.07) is 2.79. The third-order valence-corrected chi connectivity index (χ3v) is 10.6. The predicted octanol–water partition coefficient (Wildman–Crippen LogP) is 5.08. The van der Waals surface area contributed by atoms with Gasteiger partial charge in [-0.15, -0.1) is 4.72 Å². The molecule has 1 aromatic carbocycles. The molecule has 0 aliphatic heterocycles. The van der Waals surface area contributed by atoms with Crippen molar-refractivity contribution in [3.63, 3.8) is 0 Å². The van der Waals surface area contributed by atoms with Gasteiger partial charge in [0, 0.05) is 17.4 Å². The maximum absolute atomic E-state index is 13.6. The van der Waals surface area contributed by atoms with Gasteiger partial charge in [0.15, 0.2) is 8.32 Å². The molecule has 0 amide bonds. The second kappa shape index (κ2) is 8.04. The van der Waals surface area contributed by atoms with Crippen LogP contribution in [0.2, 0.25) is 18.1 Å². The second-order valence-electron chi connectivity index (χ2n) is 8.83. The lowest BCUT2D eigenvalue weighted by molar-refractivity contribution is 0.255. The first-order chi connectivity index (χ1) is 11.1. The number of nitrogens with one attached hydrogen (secondary N) is 1. The fourth-order valence-corrected chi connectivity index (χ4v) is 3.62. The lowest BCUT2D eigenvalue weighted by atomic mass is 10.1. The third kappa shape index (κ3) is 6.64. The Labute approximate surface area is 155 Å². The predicted molar refractivity (Wildman–Crippen MR) is 103 cm³/mol. The molecule has 1 rings (SSSR count). The van der Waals surface area contributed by atoms with Crippen molar-refractivity contribution in [3.05, 3.63) is 35.4 Å². The largest absolute Gasteiger partial charge is 0.598 e. The van der Waals surface area contributed by atoms with Crippen LogP contribution in [0, 0.1) is 11.6 Å². The molecule has 3 nitrogen and oxygen atoms in total. The van der Waals surface area contributed by atoms with E-state index in [9.17, 15) is 13.3 Å². The first-order valence-electron chi connectivity index (χ1n) is 8.41. The lowest BCUT2D eigenvalue weighted by Crippen LogP contribution is -2.46. The molecule has 0 unspecified atom stereocenters. The number of benzene rings is 1. The van der Waals surface area contributed by atoms with Crippen LogP contribution >= 0.6 is 0 Å². The molecule has 7 heteroatoms. The van der Waals surface area contributed by atoms with Crippen molar-refractivity contribution in [2.45, 2.75) is 70.5 Å². The minimum absolute atomic E-state index is 0.00785. The summed E-state index contributed by atoms with van der Waals surface area (Å²) in [6.07, 6.45) is 0. The third-order valence-electron chi connectivity index (χ3n) is 4.51. The van der Waals surface area contributed by atoms with Crippen molar-refractivity contribution >= 4 is 19.7 Å². The molecule has 144 valence electrons. The lowest BCUT2D eigenvalue weighted by Gasteiger charge is -2.37. The highest BCUT2D eigenvalue weighted by Gasteiger charge is 2.38. The van der Waals surface area contributed by atoms with Gasteiger partial charge in [0.05, 0.1) is 12.6 Å². The van der Waals surface area contributed by atoms with Crippen LogP contribution < -0.4 is 4.72 Å². The molecule has 0 radical (unpaired) electrons. The van der Waals surface area contributed by atoms with E-state index in [-0.39, 0.29) is 11.6 Å². The quantitative estimate of drug-likeness (QED) is 0.543. The average Bonchev–Trinajstić information content (AvgIpc) is 2.39. The molecule has 25 heavy (non-hydrogen) atoms. The number of rotatable bonds is 6. The molecule has 2 atom stereocenters. The highest BCUT2D eigenvalue weighted by atomic mass is 32.2. The summed E-state index contributed by atoms with van der Waals surface area (Å²) < 4.78 is 48.5. The molecule has 0 bridgehead atoms. The molecule has 0 saturated carbocycles. The van der Waals surface area contributed by atoms with Gasteiger partial charge in [-0.3, -0.25) is 0 Å². The molecule has 0 aromatic heterocycles. The van der Waals surface area contributed by atoms with Crippen LogP contribution in [0.4, 0.5) is 8.78 Å². The number of hydrogen-bond donors (Lipinski definition) is 1. The minimum Gasteiger partial charge on any atom is -0.598 e. The highest BCUT2D eigenvalue weighted by Crippen LogP contribution is 2.37. The number of hydrogen-bond acceptors (Lipinski definition) is 3. The molecule has 0 aliphatic carbocycles. The smallest absolute Gasteiger partial charge is 0.192 e. The fourth-order valence-electron chi connectivity index (χ4n) is 1.79. The molecular weight excluding hydrogens is 360 g/mol. The van der Waals surface area contributed by atoms with E-state index in [1.807, 2.05) is 20.8 Å². The summed E-state index contributed by atoms with van der Waals surface area (Å²) in [5.74, 6) is -1.31. The molecule has 0 saturated heterocycles. The monoisotopic (exact) mass is 391 g/mol. The SMILES string of the molecule is CC(C)(C)[S@+]([O-])N[C@H](CO[Si](C)(C)C(C)(C)C)c1cc(F)cc(F)c1. The van der Waals surface area contributed by atoms with E-state index in [0.717, 1.165) is 6.07 Å². The van der Waals surface area contributed by atoms with Gasteiger partial charge in [0.2, 0.25) is 0 Å². The Morgan fingerprint density at radius 3 is 1.96 bits per heavy atom. The highest BCUT2D eigenvalue weighted by molar-refractivity contribution is 7.90. The van der Waals surface area contributed by atoms with E-state index >= 15 is 0 Å². The Morgan fingerprint density at radius 1 is 1.08 bits per heavy atom. The minimum atomic E-state index is -2.05. The van der Waals surface area contributed by atoms with Crippen molar-refractivity contribution in [3.8, 4) is 0 Å². The Kier molecular flexibility index (Phi) is 7.26. The van der Waals surface area contributed by atoms with Crippen LogP contribution in [0.1, 0.15) is 53.1 Å². The summed E-state index contributed by atoms with van der Waals surface area (Å²) in [7, 11) is -2.05. The summed E-state index contributed by atoms with van der Waals surface area (Å²) in [5, 5.41) is 0.00785. The zero-order valence-corrected chi connectivity index (χ0v) is 18.3.